The summed E-state index contributed by atoms with van der Waals surface area (Å²) in [5.74, 6) is -1.28. The first-order valence-electron chi connectivity index (χ1n) is 14.1. The van der Waals surface area contributed by atoms with Crippen molar-refractivity contribution in [3.05, 3.63) is 106 Å². The van der Waals surface area contributed by atoms with Gasteiger partial charge in [-0.15, -0.1) is 0 Å². The zero-order chi connectivity index (χ0) is 33.2. The van der Waals surface area contributed by atoms with Gasteiger partial charge >= 0.3 is 6.18 Å². The Morgan fingerprint density at radius 3 is 2.46 bits per heavy atom. The molecule has 0 aromatic heterocycles. The minimum Gasteiger partial charge on any atom is -0.494 e. The Hall–Kier alpha value is -4.63. The predicted molar refractivity (Wildman–Crippen MR) is 161 cm³/mol. The third-order valence-corrected chi connectivity index (χ3v) is 8.75. The number of carbonyl (C=O) groups is 1. The SMILES string of the molecule is [N-]=[N+]=NCc1ccccc1[C@@H]1OC(c2ccc(OCCCO)cc2)=N[C@]1(CCS(=O)(=O)c1ccccc1)C(=O)NNCC(F)(F)F. The van der Waals surface area contributed by atoms with Gasteiger partial charge in [-0.2, -0.15) is 13.2 Å². The fourth-order valence-electron chi connectivity index (χ4n) is 4.76. The number of hydrazine groups is 1. The summed E-state index contributed by atoms with van der Waals surface area (Å²) in [5, 5.41) is 12.6. The number of amides is 1. The molecule has 0 fully saturated rings. The van der Waals surface area contributed by atoms with Crippen LogP contribution in [-0.2, 0) is 25.9 Å². The first-order valence-corrected chi connectivity index (χ1v) is 15.7. The fourth-order valence-corrected chi connectivity index (χ4v) is 6.15. The number of carbonyl (C=O) groups excluding carboxylic acids is 1. The van der Waals surface area contributed by atoms with Crippen LogP contribution in [0.25, 0.3) is 10.4 Å². The van der Waals surface area contributed by atoms with Crippen molar-refractivity contribution in [3.63, 3.8) is 0 Å². The summed E-state index contributed by atoms with van der Waals surface area (Å²) in [6.07, 6.45) is -6.08. The molecule has 0 aliphatic carbocycles. The van der Waals surface area contributed by atoms with Gasteiger partial charge in [0.1, 0.15) is 12.3 Å². The van der Waals surface area contributed by atoms with Crippen molar-refractivity contribution in [1.82, 2.24) is 10.9 Å². The van der Waals surface area contributed by atoms with Gasteiger partial charge in [-0.25, -0.2) is 18.8 Å². The van der Waals surface area contributed by atoms with Crippen molar-refractivity contribution in [3.8, 4) is 5.75 Å². The lowest BCUT2D eigenvalue weighted by Gasteiger charge is -2.31. The Kier molecular flexibility index (Phi) is 11.2. The number of alkyl halides is 3. The van der Waals surface area contributed by atoms with E-state index in [4.69, 9.17) is 20.1 Å². The number of hydrogen-bond acceptors (Lipinski definition) is 9. The molecule has 16 heteroatoms. The second-order valence-corrected chi connectivity index (χ2v) is 12.3. The number of hydrogen-bond donors (Lipinski definition) is 3. The normalized spacial score (nSPS) is 17.8. The number of rotatable bonds is 15. The van der Waals surface area contributed by atoms with E-state index in [0.717, 1.165) is 0 Å². The highest BCUT2D eigenvalue weighted by molar-refractivity contribution is 7.91. The highest BCUT2D eigenvalue weighted by atomic mass is 32.2. The molecule has 1 heterocycles. The molecule has 0 unspecified atom stereocenters. The molecule has 0 bridgehead atoms. The number of sulfone groups is 1. The number of nitrogens with zero attached hydrogens (tertiary/aromatic N) is 4. The maximum Gasteiger partial charge on any atom is 0.402 e. The molecule has 1 aliphatic rings. The molecule has 0 saturated heterocycles. The molecular formula is C30H31F3N6O6S. The van der Waals surface area contributed by atoms with Crippen molar-refractivity contribution in [1.29, 1.82) is 0 Å². The smallest absolute Gasteiger partial charge is 0.402 e. The largest absolute Gasteiger partial charge is 0.494 e. The fraction of sp³-hybridized carbons (Fsp3) is 0.333. The monoisotopic (exact) mass is 660 g/mol. The first kappa shape index (κ1) is 34.2. The molecule has 0 saturated carbocycles. The van der Waals surface area contributed by atoms with Crippen molar-refractivity contribution >= 4 is 21.6 Å². The Labute approximate surface area is 262 Å². The van der Waals surface area contributed by atoms with E-state index in [9.17, 15) is 26.4 Å². The lowest BCUT2D eigenvalue weighted by atomic mass is 9.83. The van der Waals surface area contributed by atoms with E-state index in [1.165, 1.54) is 24.3 Å². The molecule has 46 heavy (non-hydrogen) atoms. The van der Waals surface area contributed by atoms with E-state index in [0.29, 0.717) is 28.9 Å². The van der Waals surface area contributed by atoms with Crippen LogP contribution < -0.4 is 15.6 Å². The summed E-state index contributed by atoms with van der Waals surface area (Å²) < 4.78 is 77.6. The van der Waals surface area contributed by atoms with Gasteiger partial charge in [0, 0.05) is 29.9 Å². The summed E-state index contributed by atoms with van der Waals surface area (Å²) in [6.45, 7) is -1.51. The molecule has 0 radical (unpaired) electrons. The Balaban J connectivity index is 1.81. The highest BCUT2D eigenvalue weighted by Crippen LogP contribution is 2.44. The molecule has 12 nitrogen and oxygen atoms in total. The lowest BCUT2D eigenvalue weighted by molar-refractivity contribution is -0.136. The van der Waals surface area contributed by atoms with Crippen LogP contribution in [0.3, 0.4) is 0 Å². The standard InChI is InChI=1S/C30H31F3N6O6S/c31-30(32,33)20-36-38-28(41)29(15-18-46(42,43)24-8-2-1-3-9-24)26(25-10-5-4-7-22(25)19-35-39-34)45-27(37-29)21-11-13-23(14-12-21)44-17-6-16-40/h1-5,7-14,26,36,40H,6,15-20H2,(H,38,41)/t26-,29-/m0/s1. The Bertz CT molecular complexity index is 1680. The van der Waals surface area contributed by atoms with Crippen LogP contribution in [0.5, 0.6) is 5.75 Å². The third kappa shape index (κ3) is 8.54. The second kappa shape index (κ2) is 15.1. The van der Waals surface area contributed by atoms with Crippen LogP contribution in [-0.4, -0.2) is 62.6 Å². The molecular weight excluding hydrogens is 629 g/mol. The first-order chi connectivity index (χ1) is 22.0. The van der Waals surface area contributed by atoms with E-state index in [-0.39, 0.29) is 30.6 Å². The minimum absolute atomic E-state index is 0.0130. The quantitative estimate of drug-likeness (QED) is 0.0704. The molecule has 1 amide bonds. The average Bonchev–Trinajstić information content (AvgIpc) is 3.44. The van der Waals surface area contributed by atoms with Crippen molar-refractivity contribution in [2.75, 3.05) is 25.5 Å². The zero-order valence-corrected chi connectivity index (χ0v) is 25.2. The van der Waals surface area contributed by atoms with Gasteiger partial charge in [0.05, 0.1) is 23.8 Å². The van der Waals surface area contributed by atoms with Crippen LogP contribution in [0.15, 0.2) is 93.9 Å². The number of nitrogens with one attached hydrogen (secondary N) is 2. The molecule has 2 atom stereocenters. The number of benzene rings is 3. The molecule has 4 rings (SSSR count). The molecule has 3 N–H and O–H groups in total. The predicted octanol–water partition coefficient (Wildman–Crippen LogP) is 4.56. The second-order valence-electron chi connectivity index (χ2n) is 10.2. The van der Waals surface area contributed by atoms with Gasteiger partial charge in [0.25, 0.3) is 5.91 Å². The number of azide groups is 1. The van der Waals surface area contributed by atoms with Crippen LogP contribution in [0.2, 0.25) is 0 Å². The van der Waals surface area contributed by atoms with Crippen LogP contribution >= 0.6 is 0 Å². The number of aliphatic hydroxyl groups is 1. The van der Waals surface area contributed by atoms with Crippen LogP contribution in [0.1, 0.15) is 35.6 Å². The van der Waals surface area contributed by atoms with E-state index in [1.807, 2.05) is 5.43 Å². The highest BCUT2D eigenvalue weighted by Gasteiger charge is 2.54. The van der Waals surface area contributed by atoms with Gasteiger partial charge in [-0.05, 0) is 53.1 Å². The number of aliphatic hydroxyl groups excluding tert-OH is 1. The topological polar surface area (TPSA) is 175 Å². The molecule has 244 valence electrons. The number of ether oxygens (including phenoxy) is 2. The van der Waals surface area contributed by atoms with Crippen molar-refractivity contribution in [2.45, 2.75) is 42.1 Å². The summed E-state index contributed by atoms with van der Waals surface area (Å²) in [6, 6.07) is 20.4. The Morgan fingerprint density at radius 1 is 1.09 bits per heavy atom. The molecule has 3 aromatic carbocycles. The Morgan fingerprint density at radius 2 is 1.78 bits per heavy atom. The maximum atomic E-state index is 13.9. The summed E-state index contributed by atoms with van der Waals surface area (Å²) in [7, 11) is -4.00. The number of aliphatic imine (C=N–C) groups is 1. The van der Waals surface area contributed by atoms with Crippen LogP contribution in [0.4, 0.5) is 13.2 Å². The van der Waals surface area contributed by atoms with Gasteiger partial charge in [0.2, 0.25) is 5.90 Å². The number of halogens is 3. The van der Waals surface area contributed by atoms with Gasteiger partial charge in [0.15, 0.2) is 21.5 Å². The molecule has 1 aliphatic heterocycles. The maximum absolute atomic E-state index is 13.9. The average molecular weight is 661 g/mol. The minimum atomic E-state index is -4.67. The van der Waals surface area contributed by atoms with Gasteiger partial charge in [-0.1, -0.05) is 47.6 Å². The summed E-state index contributed by atoms with van der Waals surface area (Å²) in [4.78, 5) is 21.3. The van der Waals surface area contributed by atoms with Crippen molar-refractivity contribution < 1.29 is 41.0 Å². The van der Waals surface area contributed by atoms with Crippen LogP contribution in [0, 0.1) is 0 Å². The van der Waals surface area contributed by atoms with E-state index < -0.39 is 52.3 Å². The zero-order valence-electron chi connectivity index (χ0n) is 24.4. The van der Waals surface area contributed by atoms with E-state index in [2.05, 4.69) is 20.4 Å². The molecule has 3 aromatic rings. The van der Waals surface area contributed by atoms with Crippen molar-refractivity contribution in [2.24, 2.45) is 10.1 Å². The van der Waals surface area contributed by atoms with Gasteiger partial charge in [-0.3, -0.25) is 10.2 Å². The summed E-state index contributed by atoms with van der Waals surface area (Å²) >= 11 is 0. The van der Waals surface area contributed by atoms with Gasteiger partial charge < -0.3 is 14.6 Å². The third-order valence-electron chi connectivity index (χ3n) is 7.02. The van der Waals surface area contributed by atoms with E-state index >= 15 is 0 Å². The molecule has 0 spiro atoms. The van der Waals surface area contributed by atoms with E-state index in [1.54, 1.807) is 54.6 Å². The lowest BCUT2D eigenvalue weighted by Crippen LogP contribution is -2.54. The summed E-state index contributed by atoms with van der Waals surface area (Å²) in [5.41, 5.74) is 11.9.